The van der Waals surface area contributed by atoms with Gasteiger partial charge in [0.05, 0.1) is 45.1 Å². The van der Waals surface area contributed by atoms with Crippen LogP contribution in [0.2, 0.25) is 0 Å². The Morgan fingerprint density at radius 2 is 1.63 bits per heavy atom. The molecule has 1 saturated carbocycles. The Hall–Kier alpha value is -4.93. The summed E-state index contributed by atoms with van der Waals surface area (Å²) in [6, 6.07) is 0.0202. The minimum absolute atomic E-state index is 0.0655. The van der Waals surface area contributed by atoms with Crippen LogP contribution in [0.5, 0.6) is 11.5 Å². The molecule has 0 spiro atoms. The molecule has 3 rings (SSSR count). The number of Topliss-reactive ketones (excluding diaryl/α,β-unsaturated/α-hetero) is 1. The molecule has 17 nitrogen and oxygen atoms in total. The van der Waals surface area contributed by atoms with Crippen LogP contribution in [0.25, 0.3) is 0 Å². The van der Waals surface area contributed by atoms with E-state index in [-0.39, 0.29) is 49.1 Å². The van der Waals surface area contributed by atoms with Gasteiger partial charge in [-0.15, -0.1) is 0 Å². The first-order valence-corrected chi connectivity index (χ1v) is 19.7. The van der Waals surface area contributed by atoms with Crippen molar-refractivity contribution in [3.8, 4) is 11.5 Å². The number of carbonyl (C=O) groups excluding carboxylic acids is 7. The number of nitrogens with zero attached hydrogens (tertiary/aromatic N) is 1. The number of carbonyl (C=O) groups is 7. The van der Waals surface area contributed by atoms with Crippen LogP contribution in [0.3, 0.4) is 0 Å². The van der Waals surface area contributed by atoms with Crippen LogP contribution in [0, 0.1) is 11.8 Å². The van der Waals surface area contributed by atoms with Gasteiger partial charge in [-0.2, -0.15) is 0 Å². The number of rotatable bonds is 19. The zero-order valence-corrected chi connectivity index (χ0v) is 34.6. The Balaban J connectivity index is 1.77. The average molecular weight is 803 g/mol. The summed E-state index contributed by atoms with van der Waals surface area (Å²) in [5.41, 5.74) is 5.20. The van der Waals surface area contributed by atoms with Crippen LogP contribution >= 0.6 is 0 Å². The number of alkyl carbamates (subject to hydrolysis) is 1. The first kappa shape index (κ1) is 46.5. The van der Waals surface area contributed by atoms with Gasteiger partial charge < -0.3 is 50.8 Å². The lowest BCUT2D eigenvalue weighted by molar-refractivity contribution is -0.143. The van der Waals surface area contributed by atoms with Crippen molar-refractivity contribution in [3.63, 3.8) is 0 Å². The van der Waals surface area contributed by atoms with Crippen molar-refractivity contribution in [2.24, 2.45) is 17.6 Å². The number of ketones is 1. The largest absolute Gasteiger partial charge is 0.493 e. The summed E-state index contributed by atoms with van der Waals surface area (Å²) in [5, 5.41) is 10.2. The summed E-state index contributed by atoms with van der Waals surface area (Å²) in [6.45, 7) is 10.7. The van der Waals surface area contributed by atoms with Gasteiger partial charge in [0, 0.05) is 18.5 Å². The maximum atomic E-state index is 14.4. The van der Waals surface area contributed by atoms with E-state index in [0.29, 0.717) is 25.0 Å². The summed E-state index contributed by atoms with van der Waals surface area (Å²) in [7, 11) is 2.76. The third-order valence-corrected chi connectivity index (χ3v) is 9.75. The summed E-state index contributed by atoms with van der Waals surface area (Å²) in [5.74, 6) is -4.63. The molecule has 0 aromatic heterocycles. The Kier molecular flexibility index (Phi) is 17.6. The fourth-order valence-corrected chi connectivity index (χ4v) is 7.20. The second-order valence-electron chi connectivity index (χ2n) is 16.0. The lowest BCUT2D eigenvalue weighted by Crippen LogP contribution is -2.58. The van der Waals surface area contributed by atoms with Crippen LogP contribution in [0.4, 0.5) is 4.79 Å². The van der Waals surface area contributed by atoms with Crippen molar-refractivity contribution in [3.05, 3.63) is 23.8 Å². The number of methoxy groups -OCH3 is 2. The predicted octanol–water partition coefficient (Wildman–Crippen LogP) is 2.43. The van der Waals surface area contributed by atoms with Crippen LogP contribution < -0.4 is 36.5 Å². The highest BCUT2D eigenvalue weighted by molar-refractivity contribution is 6.38. The molecular weight excluding hydrogens is 740 g/mol. The summed E-state index contributed by atoms with van der Waals surface area (Å²) in [6.07, 6.45) is 3.59. The number of hydrogen-bond acceptors (Lipinski definition) is 11. The number of primary amides is 1. The lowest BCUT2D eigenvalue weighted by Gasteiger charge is -2.34. The van der Waals surface area contributed by atoms with Crippen molar-refractivity contribution in [1.82, 2.24) is 26.2 Å². The number of nitrogens with one attached hydrogen (secondary N) is 4. The third-order valence-electron chi connectivity index (χ3n) is 9.75. The average Bonchev–Trinajstić information content (AvgIpc) is 3.58. The van der Waals surface area contributed by atoms with Crippen LogP contribution in [-0.4, -0.2) is 110 Å². The van der Waals surface area contributed by atoms with Crippen molar-refractivity contribution in [2.45, 2.75) is 129 Å². The summed E-state index contributed by atoms with van der Waals surface area (Å²) < 4.78 is 22.2. The van der Waals surface area contributed by atoms with Gasteiger partial charge in [0.2, 0.25) is 29.4 Å². The molecule has 6 N–H and O–H groups in total. The Bertz CT molecular complexity index is 1590. The number of benzene rings is 1. The van der Waals surface area contributed by atoms with Crippen LogP contribution in [-0.2, 0) is 38.2 Å². The fraction of sp³-hybridized carbons (Fsp3) is 0.675. The molecular formula is C40H62N6O11. The van der Waals surface area contributed by atoms with Crippen molar-refractivity contribution in [2.75, 3.05) is 33.9 Å². The first-order valence-electron chi connectivity index (χ1n) is 19.7. The van der Waals surface area contributed by atoms with E-state index in [2.05, 4.69) is 21.3 Å². The van der Waals surface area contributed by atoms with E-state index in [9.17, 15) is 33.6 Å². The van der Waals surface area contributed by atoms with E-state index in [0.717, 1.165) is 19.3 Å². The van der Waals surface area contributed by atoms with E-state index in [4.69, 9.17) is 24.7 Å². The molecule has 5 atom stereocenters. The molecule has 1 aromatic rings. The molecule has 0 bridgehead atoms. The van der Waals surface area contributed by atoms with E-state index < -0.39 is 83.8 Å². The van der Waals surface area contributed by atoms with Crippen LogP contribution in [0.15, 0.2) is 18.2 Å². The molecule has 1 aliphatic heterocycles. The first-order chi connectivity index (χ1) is 26.9. The molecule has 2 aliphatic rings. The van der Waals surface area contributed by atoms with Gasteiger partial charge in [-0.1, -0.05) is 58.6 Å². The number of likely N-dealkylation sites (tertiary alicyclic amines) is 1. The second-order valence-corrected chi connectivity index (χ2v) is 16.0. The predicted molar refractivity (Wildman–Crippen MR) is 209 cm³/mol. The normalized spacial score (nSPS) is 18.8. The quantitative estimate of drug-likeness (QED) is 0.128. The Labute approximate surface area is 335 Å². The van der Waals surface area contributed by atoms with Crippen LogP contribution in [0.1, 0.15) is 105 Å². The number of ether oxygens (including phenoxy) is 4. The molecule has 1 saturated heterocycles. The highest BCUT2D eigenvalue weighted by Gasteiger charge is 2.46. The molecule has 1 heterocycles. The highest BCUT2D eigenvalue weighted by atomic mass is 16.5. The molecule has 2 fully saturated rings. The maximum Gasteiger partial charge on any atom is 0.407 e. The number of para-hydroxylation sites is 1. The zero-order valence-electron chi connectivity index (χ0n) is 34.6. The van der Waals surface area contributed by atoms with E-state index in [1.807, 2.05) is 34.6 Å². The molecule has 2 unspecified atom stereocenters. The topological polar surface area (TPSA) is 234 Å². The standard InChI is InChI=1S/C40H62N6O11/c1-9-14-27(33(48)37(51)42-20-30(47)44-32(35(41)49)26-17-13-18-29(54-7)34(26)55-8)43-36(50)28-19-25(57-40(4,5)6)21-46(28)38(52)31(24-15-11-10-12-16-24)45-39(53)56-22-23(2)3/h13,17-18,23-25,27-28,31-32H,9-12,14-16,19-22H2,1-8H3,(H2,41,49)(H,42,51)(H,43,50)(H,44,47)(H,45,53)/t25-,27?,28+,31+,32?/m1/s1. The number of hydrogen-bond donors (Lipinski definition) is 5. The maximum absolute atomic E-state index is 14.4. The van der Waals surface area contributed by atoms with Gasteiger partial charge in [-0.05, 0) is 57.9 Å². The van der Waals surface area contributed by atoms with Gasteiger partial charge in [-0.3, -0.25) is 28.8 Å². The van der Waals surface area contributed by atoms with Crippen molar-refractivity contribution in [1.29, 1.82) is 0 Å². The van der Waals surface area contributed by atoms with E-state index in [1.54, 1.807) is 19.1 Å². The number of amides is 6. The molecule has 57 heavy (non-hydrogen) atoms. The minimum Gasteiger partial charge on any atom is -0.493 e. The SMILES string of the molecule is CCCC(NC(=O)[C@@H]1C[C@@H](OC(C)(C)C)CN1C(=O)[C@@H](NC(=O)OCC(C)C)C1CCCCC1)C(=O)C(=O)NCC(=O)NC(C(N)=O)c1cccc(OC)c1OC. The Morgan fingerprint density at radius 1 is 0.947 bits per heavy atom. The fourth-order valence-electron chi connectivity index (χ4n) is 7.20. The summed E-state index contributed by atoms with van der Waals surface area (Å²) in [4.78, 5) is 94.7. The van der Waals surface area contributed by atoms with E-state index >= 15 is 0 Å². The molecule has 1 aromatic carbocycles. The van der Waals surface area contributed by atoms with Gasteiger partial charge in [0.15, 0.2) is 11.5 Å². The molecule has 6 amide bonds. The highest BCUT2D eigenvalue weighted by Crippen LogP contribution is 2.35. The van der Waals surface area contributed by atoms with E-state index in [1.165, 1.54) is 25.2 Å². The smallest absolute Gasteiger partial charge is 0.407 e. The van der Waals surface area contributed by atoms with Gasteiger partial charge in [0.1, 0.15) is 18.1 Å². The molecule has 318 valence electrons. The minimum atomic E-state index is -1.36. The summed E-state index contributed by atoms with van der Waals surface area (Å²) >= 11 is 0. The van der Waals surface area contributed by atoms with Gasteiger partial charge in [-0.25, -0.2) is 4.79 Å². The molecule has 1 aliphatic carbocycles. The zero-order chi connectivity index (χ0) is 42.4. The van der Waals surface area contributed by atoms with Crippen molar-refractivity contribution >= 4 is 41.4 Å². The van der Waals surface area contributed by atoms with Gasteiger partial charge in [0.25, 0.3) is 5.91 Å². The van der Waals surface area contributed by atoms with Crippen molar-refractivity contribution < 1.29 is 52.5 Å². The third kappa shape index (κ3) is 13.6. The number of nitrogens with two attached hydrogens (primary N) is 1. The Morgan fingerprint density at radius 3 is 2.21 bits per heavy atom. The lowest BCUT2D eigenvalue weighted by atomic mass is 9.83. The van der Waals surface area contributed by atoms with Gasteiger partial charge >= 0.3 is 6.09 Å². The monoisotopic (exact) mass is 802 g/mol. The molecule has 0 radical (unpaired) electrons. The second kappa shape index (κ2) is 21.6. The molecule has 17 heteroatoms.